The normalized spacial score (nSPS) is 12.2. The van der Waals surface area contributed by atoms with Crippen molar-refractivity contribution in [3.8, 4) is 10.6 Å². The highest BCUT2D eigenvalue weighted by molar-refractivity contribution is 7.89. The SMILES string of the molecule is Cc1cc(-c2cc(S(=O)(=O)N(Cc3ccncc3)CC(C)C)c(C)s2)n[nH]1. The second kappa shape index (κ2) is 7.92. The van der Waals surface area contributed by atoms with Gasteiger partial charge in [0.2, 0.25) is 10.0 Å². The van der Waals surface area contributed by atoms with Crippen LogP contribution >= 0.6 is 11.3 Å². The first-order valence-electron chi connectivity index (χ1n) is 8.79. The third kappa shape index (κ3) is 4.45. The molecule has 0 saturated carbocycles. The number of H-pyrrole nitrogens is 1. The molecule has 0 saturated heterocycles. The van der Waals surface area contributed by atoms with E-state index in [1.807, 2.05) is 45.9 Å². The smallest absolute Gasteiger partial charge is 0.244 e. The molecule has 0 aliphatic rings. The zero-order valence-corrected chi connectivity index (χ0v) is 17.6. The summed E-state index contributed by atoms with van der Waals surface area (Å²) in [7, 11) is -3.62. The molecule has 0 radical (unpaired) electrons. The molecule has 8 heteroatoms. The number of aromatic nitrogens is 3. The van der Waals surface area contributed by atoms with Crippen molar-refractivity contribution in [3.63, 3.8) is 0 Å². The van der Waals surface area contributed by atoms with E-state index >= 15 is 0 Å². The van der Waals surface area contributed by atoms with Crippen molar-refractivity contribution in [1.82, 2.24) is 19.5 Å². The number of nitrogens with one attached hydrogen (secondary N) is 1. The van der Waals surface area contributed by atoms with Gasteiger partial charge in [0, 0.05) is 36.1 Å². The molecule has 3 heterocycles. The van der Waals surface area contributed by atoms with Gasteiger partial charge in [-0.15, -0.1) is 11.3 Å². The van der Waals surface area contributed by atoms with Crippen LogP contribution in [0.2, 0.25) is 0 Å². The van der Waals surface area contributed by atoms with Crippen LogP contribution in [-0.4, -0.2) is 34.4 Å². The van der Waals surface area contributed by atoms with E-state index in [2.05, 4.69) is 15.2 Å². The molecule has 0 aromatic carbocycles. The molecular weight excluding hydrogens is 380 g/mol. The minimum Gasteiger partial charge on any atom is -0.282 e. The summed E-state index contributed by atoms with van der Waals surface area (Å²) in [5, 5.41) is 7.16. The van der Waals surface area contributed by atoms with Crippen LogP contribution in [0.3, 0.4) is 0 Å². The molecule has 0 bridgehead atoms. The number of rotatable bonds is 7. The van der Waals surface area contributed by atoms with E-state index in [9.17, 15) is 8.42 Å². The fraction of sp³-hybridized carbons (Fsp3) is 0.368. The summed E-state index contributed by atoms with van der Waals surface area (Å²) >= 11 is 1.45. The van der Waals surface area contributed by atoms with Gasteiger partial charge in [0.15, 0.2) is 0 Å². The Balaban J connectivity index is 1.97. The molecule has 3 rings (SSSR count). The van der Waals surface area contributed by atoms with Crippen LogP contribution in [0.4, 0.5) is 0 Å². The van der Waals surface area contributed by atoms with Gasteiger partial charge < -0.3 is 0 Å². The Morgan fingerprint density at radius 3 is 2.48 bits per heavy atom. The molecule has 3 aromatic heterocycles. The number of aryl methyl sites for hydroxylation is 2. The van der Waals surface area contributed by atoms with Crippen molar-refractivity contribution in [2.75, 3.05) is 6.54 Å². The van der Waals surface area contributed by atoms with Gasteiger partial charge in [-0.2, -0.15) is 9.40 Å². The second-order valence-corrected chi connectivity index (χ2v) is 10.2. The molecule has 144 valence electrons. The summed E-state index contributed by atoms with van der Waals surface area (Å²) in [6.07, 6.45) is 3.37. The largest absolute Gasteiger partial charge is 0.282 e. The molecule has 0 spiro atoms. The van der Waals surface area contributed by atoms with Gasteiger partial charge in [-0.3, -0.25) is 10.1 Å². The van der Waals surface area contributed by atoms with Gasteiger partial charge in [-0.25, -0.2) is 8.42 Å². The lowest BCUT2D eigenvalue weighted by Gasteiger charge is -2.24. The Bertz CT molecular complexity index is 1010. The van der Waals surface area contributed by atoms with Crippen molar-refractivity contribution in [2.24, 2.45) is 5.92 Å². The Labute approximate surface area is 164 Å². The van der Waals surface area contributed by atoms with Crippen molar-refractivity contribution in [1.29, 1.82) is 0 Å². The van der Waals surface area contributed by atoms with Gasteiger partial charge in [-0.05, 0) is 49.6 Å². The molecule has 27 heavy (non-hydrogen) atoms. The molecule has 3 aromatic rings. The molecular formula is C19H24N4O2S2. The first-order valence-corrected chi connectivity index (χ1v) is 11.0. The molecule has 0 fully saturated rings. The maximum atomic E-state index is 13.4. The topological polar surface area (TPSA) is 79.0 Å². The zero-order valence-electron chi connectivity index (χ0n) is 15.9. The fourth-order valence-corrected chi connectivity index (χ4v) is 5.99. The molecule has 0 unspecified atom stereocenters. The van der Waals surface area contributed by atoms with E-state index < -0.39 is 10.0 Å². The van der Waals surface area contributed by atoms with Gasteiger partial charge in [0.05, 0.1) is 9.77 Å². The first kappa shape index (κ1) is 19.7. The molecule has 6 nitrogen and oxygen atoms in total. The van der Waals surface area contributed by atoms with Crippen LogP contribution < -0.4 is 0 Å². The van der Waals surface area contributed by atoms with Gasteiger partial charge >= 0.3 is 0 Å². The predicted molar refractivity (Wildman–Crippen MR) is 108 cm³/mol. The Kier molecular flexibility index (Phi) is 5.78. The van der Waals surface area contributed by atoms with Gasteiger partial charge in [0.25, 0.3) is 0 Å². The summed E-state index contributed by atoms with van der Waals surface area (Å²) in [6, 6.07) is 7.36. The van der Waals surface area contributed by atoms with E-state index in [-0.39, 0.29) is 5.92 Å². The molecule has 0 aliphatic heterocycles. The van der Waals surface area contributed by atoms with E-state index in [0.717, 1.165) is 26.7 Å². The van der Waals surface area contributed by atoms with Crippen molar-refractivity contribution < 1.29 is 8.42 Å². The van der Waals surface area contributed by atoms with Crippen LogP contribution in [0.5, 0.6) is 0 Å². The number of sulfonamides is 1. The minimum absolute atomic E-state index is 0.217. The van der Waals surface area contributed by atoms with Crippen molar-refractivity contribution in [2.45, 2.75) is 39.1 Å². The zero-order chi connectivity index (χ0) is 19.6. The van der Waals surface area contributed by atoms with E-state index in [0.29, 0.717) is 18.0 Å². The van der Waals surface area contributed by atoms with E-state index in [4.69, 9.17) is 0 Å². The highest BCUT2D eigenvalue weighted by Crippen LogP contribution is 2.34. The van der Waals surface area contributed by atoms with Crippen LogP contribution in [-0.2, 0) is 16.6 Å². The summed E-state index contributed by atoms with van der Waals surface area (Å²) in [4.78, 5) is 5.99. The summed E-state index contributed by atoms with van der Waals surface area (Å²) < 4.78 is 28.4. The third-order valence-electron chi connectivity index (χ3n) is 4.13. The summed E-state index contributed by atoms with van der Waals surface area (Å²) in [6.45, 7) is 8.60. The quantitative estimate of drug-likeness (QED) is 0.646. The van der Waals surface area contributed by atoms with Crippen LogP contribution in [0.1, 0.15) is 30.0 Å². The lowest BCUT2D eigenvalue weighted by molar-refractivity contribution is 0.362. The number of hydrogen-bond acceptors (Lipinski definition) is 5. The third-order valence-corrected chi connectivity index (χ3v) is 7.27. The summed E-state index contributed by atoms with van der Waals surface area (Å²) in [5.41, 5.74) is 2.64. The van der Waals surface area contributed by atoms with E-state index in [1.165, 1.54) is 11.3 Å². The Morgan fingerprint density at radius 2 is 1.89 bits per heavy atom. The Hall–Kier alpha value is -2.03. The van der Waals surface area contributed by atoms with Crippen LogP contribution in [0.25, 0.3) is 10.6 Å². The lowest BCUT2D eigenvalue weighted by atomic mass is 10.2. The average molecular weight is 405 g/mol. The molecule has 1 N–H and O–H groups in total. The van der Waals surface area contributed by atoms with Gasteiger partial charge in [-0.1, -0.05) is 13.8 Å². The second-order valence-electron chi connectivity index (χ2n) is 7.01. The summed E-state index contributed by atoms with van der Waals surface area (Å²) in [5.74, 6) is 0.217. The number of hydrogen-bond donors (Lipinski definition) is 1. The molecule has 0 aliphatic carbocycles. The van der Waals surface area contributed by atoms with Crippen LogP contribution in [0, 0.1) is 19.8 Å². The predicted octanol–water partition coefficient (Wildman–Crippen LogP) is 4.00. The maximum Gasteiger partial charge on any atom is 0.244 e. The van der Waals surface area contributed by atoms with E-state index in [1.54, 1.807) is 22.8 Å². The lowest BCUT2D eigenvalue weighted by Crippen LogP contribution is -2.34. The molecule has 0 atom stereocenters. The Morgan fingerprint density at radius 1 is 1.19 bits per heavy atom. The first-order chi connectivity index (χ1) is 12.8. The average Bonchev–Trinajstić information content (AvgIpc) is 3.21. The monoisotopic (exact) mass is 404 g/mol. The maximum absolute atomic E-state index is 13.4. The molecule has 0 amide bonds. The van der Waals surface area contributed by atoms with Crippen molar-refractivity contribution >= 4 is 21.4 Å². The number of pyridine rings is 1. The fourth-order valence-electron chi connectivity index (χ4n) is 2.88. The number of nitrogens with zero attached hydrogens (tertiary/aromatic N) is 3. The van der Waals surface area contributed by atoms with Crippen LogP contribution in [0.15, 0.2) is 41.6 Å². The minimum atomic E-state index is -3.62. The standard InChI is InChI=1S/C19H24N4O2S2/c1-13(2)11-23(12-16-5-7-20-8-6-16)27(24,25)19-10-18(26-15(19)4)17-9-14(3)21-22-17/h5-10,13H,11-12H2,1-4H3,(H,21,22). The highest BCUT2D eigenvalue weighted by atomic mass is 32.2. The number of thiophene rings is 1. The highest BCUT2D eigenvalue weighted by Gasteiger charge is 2.29. The van der Waals surface area contributed by atoms with Gasteiger partial charge in [0.1, 0.15) is 5.69 Å². The van der Waals surface area contributed by atoms with Crippen molar-refractivity contribution in [3.05, 3.63) is 52.8 Å². The number of aromatic amines is 1.